The smallest absolute Gasteiger partial charge is 0.273 e. The van der Waals surface area contributed by atoms with Crippen LogP contribution in [-0.4, -0.2) is 50.8 Å². The molecule has 2 amide bonds. The van der Waals surface area contributed by atoms with E-state index in [-0.39, 0.29) is 29.0 Å². The SMILES string of the molecule is [2H]C([2H])([2H])NC(=O)c1nnc(NC(=O)C2CC2)cc1Nc1cccc2c1N(C)Cc1nc(C)nn1-2. The number of fused-ring (bicyclic) bond motifs is 3. The Morgan fingerprint density at radius 1 is 1.22 bits per heavy atom. The van der Waals surface area contributed by atoms with Crippen molar-refractivity contribution in [3.05, 3.63) is 41.6 Å². The zero-order chi connectivity index (χ0) is 24.9. The molecule has 1 aliphatic carbocycles. The first-order chi connectivity index (χ1) is 16.6. The van der Waals surface area contributed by atoms with Crippen LogP contribution in [0.3, 0.4) is 0 Å². The van der Waals surface area contributed by atoms with E-state index in [9.17, 15) is 9.59 Å². The predicted molar refractivity (Wildman–Crippen MR) is 118 cm³/mol. The first-order valence-electron chi connectivity index (χ1n) is 11.6. The zero-order valence-corrected chi connectivity index (χ0v) is 17.5. The Kier molecular flexibility index (Phi) is 3.95. The van der Waals surface area contributed by atoms with Crippen LogP contribution in [0.25, 0.3) is 5.69 Å². The number of carbonyl (C=O) groups excluding carboxylic acids is 2. The van der Waals surface area contributed by atoms with Gasteiger partial charge in [-0.1, -0.05) is 6.07 Å². The molecule has 1 aromatic carbocycles. The van der Waals surface area contributed by atoms with Crippen molar-refractivity contribution in [3.8, 4) is 5.69 Å². The number of para-hydroxylation sites is 1. The molecule has 32 heavy (non-hydrogen) atoms. The van der Waals surface area contributed by atoms with Gasteiger partial charge in [0.05, 0.1) is 29.3 Å². The highest BCUT2D eigenvalue weighted by molar-refractivity contribution is 6.00. The summed E-state index contributed by atoms with van der Waals surface area (Å²) in [5.41, 5.74) is 2.18. The van der Waals surface area contributed by atoms with Crippen LogP contribution in [-0.2, 0) is 11.3 Å². The first-order valence-corrected chi connectivity index (χ1v) is 10.1. The van der Waals surface area contributed by atoms with Gasteiger partial charge in [0, 0.05) is 30.1 Å². The Hall–Kier alpha value is -4.02. The van der Waals surface area contributed by atoms with Gasteiger partial charge >= 0.3 is 0 Å². The second kappa shape index (κ2) is 7.59. The molecular weight excluding hydrogens is 410 g/mol. The summed E-state index contributed by atoms with van der Waals surface area (Å²) in [6.45, 7) is -0.373. The molecule has 0 atom stereocenters. The lowest BCUT2D eigenvalue weighted by molar-refractivity contribution is -0.117. The highest BCUT2D eigenvalue weighted by Gasteiger charge is 2.30. The summed E-state index contributed by atoms with van der Waals surface area (Å²) in [5, 5.41) is 20.2. The number of carbonyl (C=O) groups is 2. The maximum Gasteiger partial charge on any atom is 0.273 e. The average Bonchev–Trinajstić information content (AvgIpc) is 3.55. The van der Waals surface area contributed by atoms with Gasteiger partial charge in [-0.2, -0.15) is 5.10 Å². The van der Waals surface area contributed by atoms with Crippen LogP contribution >= 0.6 is 0 Å². The van der Waals surface area contributed by atoms with E-state index in [4.69, 9.17) is 4.11 Å². The highest BCUT2D eigenvalue weighted by atomic mass is 16.2. The van der Waals surface area contributed by atoms with Crippen LogP contribution in [0, 0.1) is 12.8 Å². The molecular formula is C21H23N9O2. The molecule has 164 valence electrons. The molecule has 0 unspecified atom stereocenters. The maximum absolute atomic E-state index is 12.7. The van der Waals surface area contributed by atoms with Crippen molar-refractivity contribution in [2.45, 2.75) is 26.3 Å². The summed E-state index contributed by atoms with van der Waals surface area (Å²) >= 11 is 0. The van der Waals surface area contributed by atoms with E-state index in [1.165, 1.54) is 6.07 Å². The fourth-order valence-corrected chi connectivity index (χ4v) is 3.74. The number of rotatable bonds is 5. The Balaban J connectivity index is 1.54. The quantitative estimate of drug-likeness (QED) is 0.552. The molecule has 3 aromatic rings. The molecule has 11 nitrogen and oxygen atoms in total. The number of amides is 2. The maximum atomic E-state index is 12.7. The van der Waals surface area contributed by atoms with Crippen molar-refractivity contribution >= 4 is 34.7 Å². The molecule has 11 heteroatoms. The van der Waals surface area contributed by atoms with Crippen LogP contribution in [0.4, 0.5) is 22.9 Å². The molecule has 0 saturated heterocycles. The third-order valence-corrected chi connectivity index (χ3v) is 5.37. The Morgan fingerprint density at radius 3 is 2.84 bits per heavy atom. The van der Waals surface area contributed by atoms with Crippen LogP contribution in [0.5, 0.6) is 0 Å². The number of nitrogens with one attached hydrogen (secondary N) is 3. The minimum Gasteiger partial charge on any atom is -0.364 e. The van der Waals surface area contributed by atoms with E-state index in [1.54, 1.807) is 4.68 Å². The Bertz CT molecular complexity index is 1330. The molecule has 0 spiro atoms. The number of aryl methyl sites for hydroxylation is 1. The molecule has 2 aliphatic rings. The fourth-order valence-electron chi connectivity index (χ4n) is 3.74. The van der Waals surface area contributed by atoms with Crippen LogP contribution in [0.2, 0.25) is 0 Å². The van der Waals surface area contributed by atoms with Crippen LogP contribution in [0.15, 0.2) is 24.3 Å². The standard InChI is InChI=1S/C21H23N9O2/c1-11-23-17-10-29(3)19-13(5-4-6-15(19)30(17)28-11)24-14-9-16(25-20(31)12-7-8-12)26-27-18(14)21(32)22-2/h4-6,9,12H,7-8,10H2,1-3H3,(H,22,32)(H2,24,25,26,31)/i2D3. The summed E-state index contributed by atoms with van der Waals surface area (Å²) in [6.07, 6.45) is 1.63. The first kappa shape index (κ1) is 16.6. The minimum absolute atomic E-state index is 0.0538. The summed E-state index contributed by atoms with van der Waals surface area (Å²) in [7, 11) is 1.91. The third kappa shape index (κ3) is 3.51. The third-order valence-electron chi connectivity index (χ3n) is 5.37. The van der Waals surface area contributed by atoms with Gasteiger partial charge < -0.3 is 20.9 Å². The molecule has 1 fully saturated rings. The molecule has 1 saturated carbocycles. The van der Waals surface area contributed by atoms with Crippen LogP contribution < -0.4 is 20.9 Å². The van der Waals surface area contributed by atoms with Crippen molar-refractivity contribution < 1.29 is 13.7 Å². The lowest BCUT2D eigenvalue weighted by Gasteiger charge is -2.29. The monoisotopic (exact) mass is 436 g/mol. The molecule has 5 rings (SSSR count). The van der Waals surface area contributed by atoms with Gasteiger partial charge in [0.15, 0.2) is 17.3 Å². The molecule has 0 radical (unpaired) electrons. The van der Waals surface area contributed by atoms with E-state index < -0.39 is 12.9 Å². The van der Waals surface area contributed by atoms with Gasteiger partial charge in [-0.15, -0.1) is 10.2 Å². The number of hydrogen-bond donors (Lipinski definition) is 3. The van der Waals surface area contributed by atoms with Gasteiger partial charge in [-0.3, -0.25) is 9.59 Å². The second-order valence-electron chi connectivity index (χ2n) is 7.85. The van der Waals surface area contributed by atoms with E-state index in [0.29, 0.717) is 18.1 Å². The summed E-state index contributed by atoms with van der Waals surface area (Å²) in [4.78, 5) is 31.4. The topological polar surface area (TPSA) is 130 Å². The predicted octanol–water partition coefficient (Wildman–Crippen LogP) is 1.77. The van der Waals surface area contributed by atoms with Gasteiger partial charge in [-0.25, -0.2) is 9.67 Å². The number of benzene rings is 1. The van der Waals surface area contributed by atoms with E-state index in [2.05, 4.69) is 30.9 Å². The molecule has 1 aliphatic heterocycles. The van der Waals surface area contributed by atoms with Gasteiger partial charge in [0.2, 0.25) is 5.91 Å². The van der Waals surface area contributed by atoms with Crippen molar-refractivity contribution in [3.63, 3.8) is 0 Å². The number of anilines is 4. The average molecular weight is 436 g/mol. The summed E-state index contributed by atoms with van der Waals surface area (Å²) in [6, 6.07) is 7.02. The van der Waals surface area contributed by atoms with Gasteiger partial charge in [-0.05, 0) is 31.9 Å². The number of nitrogens with zero attached hydrogens (tertiary/aromatic N) is 6. The summed E-state index contributed by atoms with van der Waals surface area (Å²) < 4.78 is 23.9. The van der Waals surface area contributed by atoms with Crippen LogP contribution in [0.1, 0.15) is 39.1 Å². The lowest BCUT2D eigenvalue weighted by atomic mass is 10.1. The molecule has 3 heterocycles. The largest absolute Gasteiger partial charge is 0.364 e. The van der Waals surface area contributed by atoms with E-state index in [0.717, 1.165) is 30.0 Å². The van der Waals surface area contributed by atoms with E-state index >= 15 is 0 Å². The van der Waals surface area contributed by atoms with Gasteiger partial charge in [0.1, 0.15) is 5.82 Å². The van der Waals surface area contributed by atoms with Crippen molar-refractivity contribution in [1.29, 1.82) is 0 Å². The number of aromatic nitrogens is 5. The van der Waals surface area contributed by atoms with Crippen molar-refractivity contribution in [2.75, 3.05) is 29.6 Å². The minimum atomic E-state index is -2.71. The fraction of sp³-hybridized carbons (Fsp3) is 0.333. The van der Waals surface area contributed by atoms with Gasteiger partial charge in [0.25, 0.3) is 5.91 Å². The highest BCUT2D eigenvalue weighted by Crippen LogP contribution is 2.38. The number of hydrogen-bond acceptors (Lipinski definition) is 8. The molecule has 3 N–H and O–H groups in total. The molecule has 0 bridgehead atoms. The zero-order valence-electron chi connectivity index (χ0n) is 20.5. The second-order valence-corrected chi connectivity index (χ2v) is 7.85. The Labute approximate surface area is 188 Å². The normalized spacial score (nSPS) is 16.2. The molecule has 2 aromatic heterocycles. The Morgan fingerprint density at radius 2 is 2.06 bits per heavy atom. The summed E-state index contributed by atoms with van der Waals surface area (Å²) in [5.74, 6) is 0.452. The van der Waals surface area contributed by atoms with Crippen molar-refractivity contribution in [1.82, 2.24) is 30.3 Å². The van der Waals surface area contributed by atoms with E-state index in [1.807, 2.05) is 42.4 Å². The van der Waals surface area contributed by atoms with Crippen molar-refractivity contribution in [2.24, 2.45) is 5.92 Å². The lowest BCUT2D eigenvalue weighted by Crippen LogP contribution is -2.27.